The standard InChI is InChI=1S/C17H27FN2S/c1-3-14-13-20(11-12-21-14)10-9-17(19-4-2)15-7-5-6-8-16(15)18/h5-8,14,17,19H,3-4,9-13H2,1-2H3. The fourth-order valence-corrected chi connectivity index (χ4v) is 4.16. The average molecular weight is 310 g/mol. The summed E-state index contributed by atoms with van der Waals surface area (Å²) in [5, 5.41) is 4.20. The van der Waals surface area contributed by atoms with Crippen LogP contribution in [0.3, 0.4) is 0 Å². The van der Waals surface area contributed by atoms with Gasteiger partial charge < -0.3 is 10.2 Å². The molecule has 2 nitrogen and oxygen atoms in total. The number of rotatable bonds is 7. The molecule has 1 aliphatic heterocycles. The van der Waals surface area contributed by atoms with Crippen LogP contribution in [-0.4, -0.2) is 42.1 Å². The Hall–Kier alpha value is -0.580. The second kappa shape index (κ2) is 8.76. The van der Waals surface area contributed by atoms with Gasteiger partial charge in [-0.25, -0.2) is 4.39 Å². The third-order valence-corrected chi connectivity index (χ3v) is 5.52. The van der Waals surface area contributed by atoms with E-state index in [0.29, 0.717) is 0 Å². The maximum Gasteiger partial charge on any atom is 0.127 e. The lowest BCUT2D eigenvalue weighted by molar-refractivity contribution is 0.262. The van der Waals surface area contributed by atoms with Gasteiger partial charge in [0.15, 0.2) is 0 Å². The molecule has 118 valence electrons. The molecule has 0 aromatic heterocycles. The Labute approximate surface area is 132 Å². The van der Waals surface area contributed by atoms with Crippen molar-refractivity contribution < 1.29 is 4.39 Å². The van der Waals surface area contributed by atoms with E-state index in [4.69, 9.17) is 0 Å². The van der Waals surface area contributed by atoms with Crippen molar-refractivity contribution in [2.75, 3.05) is 31.9 Å². The largest absolute Gasteiger partial charge is 0.310 e. The Bertz CT molecular complexity index is 427. The van der Waals surface area contributed by atoms with Crippen LogP contribution in [0, 0.1) is 5.82 Å². The molecule has 1 fully saturated rings. The molecule has 0 amide bonds. The molecule has 0 aliphatic carbocycles. The zero-order valence-corrected chi connectivity index (χ0v) is 14.0. The predicted molar refractivity (Wildman–Crippen MR) is 90.4 cm³/mol. The highest BCUT2D eigenvalue weighted by Crippen LogP contribution is 2.24. The van der Waals surface area contributed by atoms with E-state index in [0.717, 1.165) is 36.9 Å². The molecule has 1 N–H and O–H groups in total. The van der Waals surface area contributed by atoms with E-state index in [-0.39, 0.29) is 11.9 Å². The van der Waals surface area contributed by atoms with Crippen molar-refractivity contribution in [2.45, 2.75) is 38.0 Å². The van der Waals surface area contributed by atoms with E-state index in [2.05, 4.69) is 35.8 Å². The summed E-state index contributed by atoms with van der Waals surface area (Å²) in [5.41, 5.74) is 0.803. The van der Waals surface area contributed by atoms with Crippen LogP contribution >= 0.6 is 11.8 Å². The lowest BCUT2D eigenvalue weighted by atomic mass is 10.0. The Morgan fingerprint density at radius 3 is 2.90 bits per heavy atom. The minimum absolute atomic E-state index is 0.0934. The van der Waals surface area contributed by atoms with Gasteiger partial charge in [-0.2, -0.15) is 11.8 Å². The Balaban J connectivity index is 1.92. The van der Waals surface area contributed by atoms with Gasteiger partial charge in [-0.3, -0.25) is 0 Å². The molecule has 21 heavy (non-hydrogen) atoms. The summed E-state index contributed by atoms with van der Waals surface area (Å²) in [5.74, 6) is 1.13. The number of thioether (sulfide) groups is 1. The summed E-state index contributed by atoms with van der Waals surface area (Å²) in [6.45, 7) is 8.60. The van der Waals surface area contributed by atoms with Crippen LogP contribution in [0.1, 0.15) is 38.3 Å². The van der Waals surface area contributed by atoms with Crippen molar-refractivity contribution in [3.05, 3.63) is 35.6 Å². The van der Waals surface area contributed by atoms with Crippen molar-refractivity contribution in [3.63, 3.8) is 0 Å². The Morgan fingerprint density at radius 1 is 1.38 bits per heavy atom. The first-order valence-electron chi connectivity index (χ1n) is 8.06. The molecule has 1 aliphatic rings. The van der Waals surface area contributed by atoms with E-state index in [1.807, 2.05) is 12.1 Å². The van der Waals surface area contributed by atoms with E-state index < -0.39 is 0 Å². The first-order chi connectivity index (χ1) is 10.2. The van der Waals surface area contributed by atoms with Gasteiger partial charge in [0.1, 0.15) is 5.82 Å². The molecule has 1 aromatic carbocycles. The molecule has 0 spiro atoms. The van der Waals surface area contributed by atoms with Crippen LogP contribution in [-0.2, 0) is 0 Å². The van der Waals surface area contributed by atoms with Gasteiger partial charge in [0, 0.05) is 42.2 Å². The fraction of sp³-hybridized carbons (Fsp3) is 0.647. The monoisotopic (exact) mass is 310 g/mol. The number of hydrogen-bond donors (Lipinski definition) is 1. The van der Waals surface area contributed by atoms with Crippen LogP contribution in [0.5, 0.6) is 0 Å². The van der Waals surface area contributed by atoms with Gasteiger partial charge in [0.25, 0.3) is 0 Å². The molecule has 0 saturated carbocycles. The second-order valence-electron chi connectivity index (χ2n) is 5.62. The summed E-state index contributed by atoms with van der Waals surface area (Å²) >= 11 is 2.09. The zero-order valence-electron chi connectivity index (χ0n) is 13.1. The van der Waals surface area contributed by atoms with Gasteiger partial charge in [-0.05, 0) is 25.5 Å². The molecule has 2 rings (SSSR count). The van der Waals surface area contributed by atoms with Crippen molar-refractivity contribution in [1.82, 2.24) is 10.2 Å². The van der Waals surface area contributed by atoms with Crippen molar-refractivity contribution >= 4 is 11.8 Å². The molecule has 2 unspecified atom stereocenters. The molecule has 0 bridgehead atoms. The number of nitrogens with zero attached hydrogens (tertiary/aromatic N) is 1. The minimum atomic E-state index is -0.0934. The molecule has 1 heterocycles. The first kappa shape index (κ1) is 16.8. The maximum absolute atomic E-state index is 14.0. The average Bonchev–Trinajstić information content (AvgIpc) is 2.52. The maximum atomic E-state index is 14.0. The number of hydrogen-bond acceptors (Lipinski definition) is 3. The third-order valence-electron chi connectivity index (χ3n) is 4.14. The Morgan fingerprint density at radius 2 is 2.19 bits per heavy atom. The summed E-state index contributed by atoms with van der Waals surface area (Å²) < 4.78 is 14.0. The van der Waals surface area contributed by atoms with Crippen LogP contribution in [0.15, 0.2) is 24.3 Å². The fourth-order valence-electron chi connectivity index (χ4n) is 2.91. The number of benzene rings is 1. The molecule has 0 radical (unpaired) electrons. The number of nitrogens with one attached hydrogen (secondary N) is 1. The topological polar surface area (TPSA) is 15.3 Å². The van der Waals surface area contributed by atoms with Gasteiger partial charge in [-0.15, -0.1) is 0 Å². The number of halogens is 1. The first-order valence-corrected chi connectivity index (χ1v) is 9.11. The van der Waals surface area contributed by atoms with Crippen LogP contribution in [0.2, 0.25) is 0 Å². The lowest BCUT2D eigenvalue weighted by Crippen LogP contribution is -2.39. The van der Waals surface area contributed by atoms with Gasteiger partial charge in [0.2, 0.25) is 0 Å². The van der Waals surface area contributed by atoms with Gasteiger partial charge in [0.05, 0.1) is 0 Å². The van der Waals surface area contributed by atoms with Gasteiger partial charge >= 0.3 is 0 Å². The van der Waals surface area contributed by atoms with Gasteiger partial charge in [-0.1, -0.05) is 32.0 Å². The van der Waals surface area contributed by atoms with E-state index >= 15 is 0 Å². The minimum Gasteiger partial charge on any atom is -0.310 e. The lowest BCUT2D eigenvalue weighted by Gasteiger charge is -2.33. The molecule has 1 aromatic rings. The predicted octanol–water partition coefficient (Wildman–Crippen LogP) is 3.69. The third kappa shape index (κ3) is 4.97. The van der Waals surface area contributed by atoms with Crippen LogP contribution in [0.4, 0.5) is 4.39 Å². The van der Waals surface area contributed by atoms with E-state index in [1.54, 1.807) is 12.1 Å². The van der Waals surface area contributed by atoms with Crippen molar-refractivity contribution in [3.8, 4) is 0 Å². The normalized spacial score (nSPS) is 21.4. The molecule has 4 heteroatoms. The second-order valence-corrected chi connectivity index (χ2v) is 7.03. The molecule has 2 atom stereocenters. The molecule has 1 saturated heterocycles. The summed E-state index contributed by atoms with van der Waals surface area (Å²) in [7, 11) is 0. The smallest absolute Gasteiger partial charge is 0.127 e. The highest BCUT2D eigenvalue weighted by atomic mass is 32.2. The van der Waals surface area contributed by atoms with Crippen LogP contribution in [0.25, 0.3) is 0 Å². The van der Waals surface area contributed by atoms with Crippen LogP contribution < -0.4 is 5.32 Å². The highest BCUT2D eigenvalue weighted by molar-refractivity contribution is 8.00. The van der Waals surface area contributed by atoms with Crippen molar-refractivity contribution in [1.29, 1.82) is 0 Å². The summed E-state index contributed by atoms with van der Waals surface area (Å²) in [6, 6.07) is 7.27. The Kier molecular flexibility index (Phi) is 7.00. The quantitative estimate of drug-likeness (QED) is 0.827. The summed E-state index contributed by atoms with van der Waals surface area (Å²) in [6.07, 6.45) is 2.21. The zero-order chi connectivity index (χ0) is 15.1. The summed E-state index contributed by atoms with van der Waals surface area (Å²) in [4.78, 5) is 2.54. The SMILES string of the molecule is CCNC(CCN1CCSC(CC)C1)c1ccccc1F. The molecular formula is C17H27FN2S. The highest BCUT2D eigenvalue weighted by Gasteiger charge is 2.21. The van der Waals surface area contributed by atoms with Crippen molar-refractivity contribution in [2.24, 2.45) is 0 Å². The molecular weight excluding hydrogens is 283 g/mol. The van der Waals surface area contributed by atoms with E-state index in [1.165, 1.54) is 18.7 Å². The van der Waals surface area contributed by atoms with E-state index in [9.17, 15) is 4.39 Å².